The fraction of sp³-hybridized carbons (Fsp3) is 0.467. The number of morpholine rings is 1. The third-order valence-corrected chi connectivity index (χ3v) is 4.23. The number of aromatic nitrogens is 3. The molecule has 0 aromatic carbocycles. The van der Waals surface area contributed by atoms with Gasteiger partial charge in [-0.1, -0.05) is 11.8 Å². The fourth-order valence-electron chi connectivity index (χ4n) is 2.48. The van der Waals surface area contributed by atoms with Crippen LogP contribution >= 0.6 is 11.8 Å². The van der Waals surface area contributed by atoms with Gasteiger partial charge < -0.3 is 14.1 Å². The van der Waals surface area contributed by atoms with Crippen LogP contribution in [0.3, 0.4) is 0 Å². The van der Waals surface area contributed by atoms with Crippen molar-refractivity contribution in [2.75, 3.05) is 18.8 Å². The normalized spacial score (nSPS) is 21.4. The summed E-state index contributed by atoms with van der Waals surface area (Å²) in [6.45, 7) is 5.19. The first-order valence-electron chi connectivity index (χ1n) is 7.42. The fourth-order valence-corrected chi connectivity index (χ4v) is 3.14. The largest absolute Gasteiger partial charge is 0.411 e. The first-order valence-corrected chi connectivity index (χ1v) is 8.40. The molecule has 0 N–H and O–H groups in total. The molecule has 1 fully saturated rings. The van der Waals surface area contributed by atoms with Crippen molar-refractivity contribution in [3.63, 3.8) is 0 Å². The molecule has 1 aliphatic rings. The van der Waals surface area contributed by atoms with E-state index in [0.717, 1.165) is 5.56 Å². The third-order valence-electron chi connectivity index (χ3n) is 3.43. The van der Waals surface area contributed by atoms with Crippen LogP contribution in [-0.4, -0.2) is 57.0 Å². The summed E-state index contributed by atoms with van der Waals surface area (Å²) in [5.41, 5.74) is 0.807. The molecule has 8 heteroatoms. The molecule has 1 aliphatic heterocycles. The van der Waals surface area contributed by atoms with E-state index in [2.05, 4.69) is 15.2 Å². The summed E-state index contributed by atoms with van der Waals surface area (Å²) in [5.74, 6) is 0.758. The van der Waals surface area contributed by atoms with E-state index in [4.69, 9.17) is 9.15 Å². The summed E-state index contributed by atoms with van der Waals surface area (Å²) in [6, 6.07) is 3.59. The van der Waals surface area contributed by atoms with Crippen LogP contribution in [0.4, 0.5) is 0 Å². The van der Waals surface area contributed by atoms with Crippen molar-refractivity contribution in [3.05, 3.63) is 24.5 Å². The number of carbonyl (C=O) groups excluding carboxylic acids is 1. The number of pyridine rings is 1. The Kier molecular flexibility index (Phi) is 4.92. The van der Waals surface area contributed by atoms with Crippen molar-refractivity contribution in [2.24, 2.45) is 0 Å². The Hall–Kier alpha value is -1.93. The molecule has 3 heterocycles. The summed E-state index contributed by atoms with van der Waals surface area (Å²) in [7, 11) is 0. The number of thioether (sulfide) groups is 1. The predicted octanol–water partition coefficient (Wildman–Crippen LogP) is 1.86. The molecular formula is C15H18N4O3S. The van der Waals surface area contributed by atoms with Gasteiger partial charge in [0.15, 0.2) is 0 Å². The minimum atomic E-state index is 0.0562. The van der Waals surface area contributed by atoms with Crippen LogP contribution < -0.4 is 0 Å². The zero-order chi connectivity index (χ0) is 16.2. The van der Waals surface area contributed by atoms with Gasteiger partial charge in [-0.15, -0.1) is 10.2 Å². The maximum absolute atomic E-state index is 12.3. The van der Waals surface area contributed by atoms with Crippen LogP contribution in [0, 0.1) is 0 Å². The molecule has 0 bridgehead atoms. The molecule has 2 aromatic heterocycles. The third kappa shape index (κ3) is 4.08. The Labute approximate surface area is 138 Å². The molecule has 0 aliphatic carbocycles. The van der Waals surface area contributed by atoms with Crippen molar-refractivity contribution >= 4 is 17.7 Å². The molecule has 3 rings (SSSR count). The molecule has 0 spiro atoms. The number of ether oxygens (including phenoxy) is 1. The van der Waals surface area contributed by atoms with Crippen molar-refractivity contribution in [1.29, 1.82) is 0 Å². The van der Waals surface area contributed by atoms with Crippen LogP contribution in [0.25, 0.3) is 11.5 Å². The highest BCUT2D eigenvalue weighted by molar-refractivity contribution is 7.99. The first kappa shape index (κ1) is 15.9. The van der Waals surface area contributed by atoms with Crippen molar-refractivity contribution < 1.29 is 13.9 Å². The number of nitrogens with zero attached hydrogens (tertiary/aromatic N) is 4. The van der Waals surface area contributed by atoms with Gasteiger partial charge >= 0.3 is 0 Å². The number of carbonyl (C=O) groups is 1. The van der Waals surface area contributed by atoms with Crippen LogP contribution in [0.1, 0.15) is 13.8 Å². The Morgan fingerprint density at radius 1 is 1.26 bits per heavy atom. The Morgan fingerprint density at radius 2 is 1.96 bits per heavy atom. The van der Waals surface area contributed by atoms with Crippen LogP contribution in [0.2, 0.25) is 0 Å². The van der Waals surface area contributed by atoms with Gasteiger partial charge in [0.2, 0.25) is 11.8 Å². The van der Waals surface area contributed by atoms with E-state index in [1.54, 1.807) is 24.5 Å². The second-order valence-corrected chi connectivity index (χ2v) is 6.38. The van der Waals surface area contributed by atoms with Crippen LogP contribution in [0.5, 0.6) is 0 Å². The van der Waals surface area contributed by atoms with Gasteiger partial charge in [0.1, 0.15) is 0 Å². The maximum Gasteiger partial charge on any atom is 0.277 e. The molecule has 7 nitrogen and oxygen atoms in total. The molecule has 1 amide bonds. The van der Waals surface area contributed by atoms with Crippen molar-refractivity contribution in [1.82, 2.24) is 20.1 Å². The van der Waals surface area contributed by atoms with E-state index in [1.165, 1.54) is 11.8 Å². The summed E-state index contributed by atoms with van der Waals surface area (Å²) in [6.07, 6.45) is 3.46. The molecule has 1 saturated heterocycles. The lowest BCUT2D eigenvalue weighted by atomic mass is 10.2. The zero-order valence-electron chi connectivity index (χ0n) is 13.0. The highest BCUT2D eigenvalue weighted by Gasteiger charge is 2.26. The molecule has 122 valence electrons. The van der Waals surface area contributed by atoms with Gasteiger partial charge in [0.05, 0.1) is 18.0 Å². The van der Waals surface area contributed by atoms with E-state index < -0.39 is 0 Å². The maximum atomic E-state index is 12.3. The second-order valence-electron chi connectivity index (χ2n) is 5.45. The first-order chi connectivity index (χ1) is 11.1. The Morgan fingerprint density at radius 3 is 2.65 bits per heavy atom. The summed E-state index contributed by atoms with van der Waals surface area (Å²) in [5, 5.41) is 8.35. The minimum Gasteiger partial charge on any atom is -0.411 e. The summed E-state index contributed by atoms with van der Waals surface area (Å²) < 4.78 is 11.2. The topological polar surface area (TPSA) is 81.4 Å². The van der Waals surface area contributed by atoms with Crippen LogP contribution in [0.15, 0.2) is 34.2 Å². The SMILES string of the molecule is CC1CN(C(=O)CSc2nnc(-c3ccncc3)o2)CC(C)O1. The lowest BCUT2D eigenvalue weighted by Gasteiger charge is -2.35. The average Bonchev–Trinajstić information content (AvgIpc) is 3.01. The van der Waals surface area contributed by atoms with E-state index >= 15 is 0 Å². The second kappa shape index (κ2) is 7.10. The van der Waals surface area contributed by atoms with Gasteiger partial charge in [0, 0.05) is 31.0 Å². The Bertz CT molecular complexity index is 654. The van der Waals surface area contributed by atoms with Gasteiger partial charge in [-0.3, -0.25) is 9.78 Å². The number of hydrogen-bond acceptors (Lipinski definition) is 7. The number of rotatable bonds is 4. The lowest BCUT2D eigenvalue weighted by Crippen LogP contribution is -2.48. The molecule has 0 radical (unpaired) electrons. The molecule has 2 unspecified atom stereocenters. The van der Waals surface area contributed by atoms with E-state index in [0.29, 0.717) is 24.2 Å². The Balaban J connectivity index is 1.56. The van der Waals surface area contributed by atoms with E-state index in [9.17, 15) is 4.79 Å². The zero-order valence-corrected chi connectivity index (χ0v) is 13.8. The standard InChI is InChI=1S/C15H18N4O3S/c1-10-7-19(8-11(2)21-10)13(20)9-23-15-18-17-14(22-15)12-3-5-16-6-4-12/h3-6,10-11H,7-9H2,1-2H3. The van der Waals surface area contributed by atoms with Gasteiger partial charge in [0.25, 0.3) is 5.22 Å². The number of amides is 1. The van der Waals surface area contributed by atoms with Crippen molar-refractivity contribution in [2.45, 2.75) is 31.3 Å². The molecule has 2 atom stereocenters. The van der Waals surface area contributed by atoms with Gasteiger partial charge in [-0.2, -0.15) is 0 Å². The molecule has 23 heavy (non-hydrogen) atoms. The number of hydrogen-bond donors (Lipinski definition) is 0. The minimum absolute atomic E-state index is 0.0562. The highest BCUT2D eigenvalue weighted by Crippen LogP contribution is 2.23. The predicted molar refractivity (Wildman–Crippen MR) is 84.8 cm³/mol. The average molecular weight is 334 g/mol. The van der Waals surface area contributed by atoms with Gasteiger partial charge in [-0.05, 0) is 26.0 Å². The summed E-state index contributed by atoms with van der Waals surface area (Å²) >= 11 is 1.25. The molecular weight excluding hydrogens is 316 g/mol. The highest BCUT2D eigenvalue weighted by atomic mass is 32.2. The lowest BCUT2D eigenvalue weighted by molar-refractivity contribution is -0.140. The summed E-state index contributed by atoms with van der Waals surface area (Å²) in [4.78, 5) is 18.1. The quantitative estimate of drug-likeness (QED) is 0.789. The van der Waals surface area contributed by atoms with Crippen molar-refractivity contribution in [3.8, 4) is 11.5 Å². The molecule has 2 aromatic rings. The molecule has 0 saturated carbocycles. The smallest absolute Gasteiger partial charge is 0.277 e. The van der Waals surface area contributed by atoms with Gasteiger partial charge in [-0.25, -0.2) is 0 Å². The van der Waals surface area contributed by atoms with Crippen LogP contribution in [-0.2, 0) is 9.53 Å². The monoisotopic (exact) mass is 334 g/mol. The van der Waals surface area contributed by atoms with E-state index in [-0.39, 0.29) is 23.9 Å². The van der Waals surface area contributed by atoms with E-state index in [1.807, 2.05) is 18.7 Å².